The highest BCUT2D eigenvalue weighted by atomic mass is 32.2. The minimum Gasteiger partial charge on any atom is -0.468 e. The first-order valence-electron chi connectivity index (χ1n) is 11.4. The van der Waals surface area contributed by atoms with Gasteiger partial charge in [0.25, 0.3) is 5.91 Å². The Morgan fingerprint density at radius 1 is 1.08 bits per heavy atom. The molecule has 0 saturated carbocycles. The third-order valence-corrected chi connectivity index (χ3v) is 10.1. The molecule has 2 aromatic carbocycles. The van der Waals surface area contributed by atoms with Crippen molar-refractivity contribution in [2.75, 3.05) is 13.7 Å². The molecule has 1 aliphatic heterocycles. The topological polar surface area (TPSA) is 158 Å². The Balaban J connectivity index is 1.71. The van der Waals surface area contributed by atoms with Gasteiger partial charge in [-0.05, 0) is 62.2 Å². The van der Waals surface area contributed by atoms with Gasteiger partial charge in [0.2, 0.25) is 20.0 Å². The largest absolute Gasteiger partial charge is 0.468 e. The summed E-state index contributed by atoms with van der Waals surface area (Å²) in [4.78, 5) is 29.2. The number of hydrogen-bond donors (Lipinski definition) is 1. The van der Waals surface area contributed by atoms with Crippen molar-refractivity contribution >= 4 is 53.5 Å². The second-order valence-electron chi connectivity index (χ2n) is 8.62. The Hall–Kier alpha value is -2.91. The van der Waals surface area contributed by atoms with Gasteiger partial charge in [-0.1, -0.05) is 17.8 Å². The van der Waals surface area contributed by atoms with Gasteiger partial charge in [-0.25, -0.2) is 22.0 Å². The van der Waals surface area contributed by atoms with Crippen molar-refractivity contribution in [3.8, 4) is 0 Å². The lowest BCUT2D eigenvalue weighted by Gasteiger charge is -2.32. The quantitative estimate of drug-likeness (QED) is 0.446. The maximum absolute atomic E-state index is 13.1. The molecule has 0 spiro atoms. The zero-order valence-corrected chi connectivity index (χ0v) is 22.6. The van der Waals surface area contributed by atoms with E-state index >= 15 is 0 Å². The van der Waals surface area contributed by atoms with E-state index in [2.05, 4.69) is 4.99 Å². The number of nitrogens with zero attached hydrogens (tertiary/aromatic N) is 3. The Morgan fingerprint density at radius 2 is 1.76 bits per heavy atom. The summed E-state index contributed by atoms with van der Waals surface area (Å²) in [5, 5.41) is 5.22. The molecule has 1 fully saturated rings. The lowest BCUT2D eigenvalue weighted by atomic mass is 10.1. The first kappa shape index (κ1) is 27.1. The van der Waals surface area contributed by atoms with Crippen LogP contribution in [0, 0.1) is 0 Å². The van der Waals surface area contributed by atoms with Crippen LogP contribution in [-0.2, 0) is 36.1 Å². The summed E-state index contributed by atoms with van der Waals surface area (Å²) in [6.07, 6.45) is 2.59. The van der Waals surface area contributed by atoms with E-state index in [0.717, 1.165) is 30.6 Å². The molecule has 1 saturated heterocycles. The van der Waals surface area contributed by atoms with E-state index in [4.69, 9.17) is 9.88 Å². The van der Waals surface area contributed by atoms with E-state index in [-0.39, 0.29) is 32.7 Å². The summed E-state index contributed by atoms with van der Waals surface area (Å²) < 4.78 is 57.7. The number of piperidine rings is 1. The van der Waals surface area contributed by atoms with Crippen molar-refractivity contribution in [1.82, 2.24) is 8.87 Å². The zero-order chi connectivity index (χ0) is 27.0. The number of sulfonamides is 2. The Morgan fingerprint density at radius 3 is 2.38 bits per heavy atom. The molecule has 198 valence electrons. The first-order chi connectivity index (χ1) is 17.4. The number of nitrogens with two attached hydrogens (primary N) is 1. The maximum Gasteiger partial charge on any atom is 0.325 e. The number of aromatic nitrogens is 1. The number of ether oxygens (including phenoxy) is 1. The number of esters is 1. The predicted octanol–water partition coefficient (Wildman–Crippen LogP) is 1.83. The number of thiazole rings is 1. The molecule has 37 heavy (non-hydrogen) atoms. The van der Waals surface area contributed by atoms with Crippen LogP contribution in [0.1, 0.15) is 36.5 Å². The molecule has 3 aromatic rings. The minimum atomic E-state index is -3.96. The molecule has 11 nitrogen and oxygen atoms in total. The average molecular weight is 567 g/mol. The van der Waals surface area contributed by atoms with Crippen molar-refractivity contribution in [3.05, 3.63) is 52.8 Å². The number of fused-ring (bicyclic) bond motifs is 1. The summed E-state index contributed by atoms with van der Waals surface area (Å²) in [6.45, 7) is 2.08. The fourth-order valence-corrected chi connectivity index (χ4v) is 7.53. The number of hydrogen-bond acceptors (Lipinski definition) is 8. The number of carbonyl (C=O) groups excluding carboxylic acids is 2. The smallest absolute Gasteiger partial charge is 0.325 e. The van der Waals surface area contributed by atoms with Crippen molar-refractivity contribution in [2.24, 2.45) is 10.1 Å². The van der Waals surface area contributed by atoms with Crippen LogP contribution in [0.15, 0.2) is 57.2 Å². The van der Waals surface area contributed by atoms with Gasteiger partial charge in [0, 0.05) is 18.2 Å². The van der Waals surface area contributed by atoms with Crippen molar-refractivity contribution in [3.63, 3.8) is 0 Å². The van der Waals surface area contributed by atoms with Gasteiger partial charge in [-0.15, -0.1) is 0 Å². The maximum atomic E-state index is 13.1. The summed E-state index contributed by atoms with van der Waals surface area (Å²) in [5.74, 6) is -1.25. The van der Waals surface area contributed by atoms with Gasteiger partial charge in [0.15, 0.2) is 4.80 Å². The fourth-order valence-electron chi connectivity index (χ4n) is 4.15. The van der Waals surface area contributed by atoms with Gasteiger partial charge in [0.1, 0.15) is 6.54 Å². The molecular weight excluding hydrogens is 540 g/mol. The number of methoxy groups -OCH3 is 1. The second kappa shape index (κ2) is 10.5. The number of rotatable bonds is 6. The monoisotopic (exact) mass is 566 g/mol. The van der Waals surface area contributed by atoms with E-state index in [0.29, 0.717) is 16.8 Å². The standard InChI is InChI=1S/C23H26N4O7S3/c1-15-5-3-4-12-27(15)37(32,33)17-8-6-16(7-9-17)22(29)25-23-26(14-21(28)34-2)19-11-10-18(36(24,30)31)13-20(19)35-23/h6-11,13,15H,3-5,12,14H2,1-2H3,(H2,24,30,31)/t15-/m1/s1. The number of carbonyl (C=O) groups is 2. The van der Waals surface area contributed by atoms with Crippen LogP contribution in [-0.4, -0.2) is 57.3 Å². The van der Waals surface area contributed by atoms with Gasteiger partial charge in [0.05, 0.1) is 27.1 Å². The molecule has 0 radical (unpaired) electrons. The van der Waals surface area contributed by atoms with E-state index in [1.54, 1.807) is 0 Å². The molecule has 14 heteroatoms. The molecule has 2 heterocycles. The van der Waals surface area contributed by atoms with Gasteiger partial charge in [-0.3, -0.25) is 9.59 Å². The molecule has 1 amide bonds. The SMILES string of the molecule is COC(=O)Cn1c(=NC(=O)c2ccc(S(=O)(=O)N3CCCC[C@H]3C)cc2)sc2cc(S(N)(=O)=O)ccc21. The van der Waals surface area contributed by atoms with E-state index in [9.17, 15) is 26.4 Å². The normalized spacial score (nSPS) is 17.7. The van der Waals surface area contributed by atoms with Crippen LogP contribution < -0.4 is 9.94 Å². The molecule has 2 N–H and O–H groups in total. The highest BCUT2D eigenvalue weighted by Gasteiger charge is 2.31. The Bertz CT molecular complexity index is 1640. The number of primary sulfonamides is 1. The summed E-state index contributed by atoms with van der Waals surface area (Å²) >= 11 is 1.00. The van der Waals surface area contributed by atoms with E-state index in [1.807, 2.05) is 6.92 Å². The van der Waals surface area contributed by atoms with Crippen molar-refractivity contribution in [2.45, 2.75) is 48.6 Å². The molecule has 1 atom stereocenters. The van der Waals surface area contributed by atoms with Crippen LogP contribution in [0.25, 0.3) is 10.2 Å². The van der Waals surface area contributed by atoms with E-state index in [1.165, 1.54) is 58.4 Å². The van der Waals surface area contributed by atoms with E-state index < -0.39 is 31.9 Å². The van der Waals surface area contributed by atoms with Crippen LogP contribution in [0.2, 0.25) is 0 Å². The molecule has 0 aliphatic carbocycles. The molecule has 0 bridgehead atoms. The van der Waals surface area contributed by atoms with Crippen LogP contribution in [0.4, 0.5) is 0 Å². The van der Waals surface area contributed by atoms with Crippen LogP contribution in [0.5, 0.6) is 0 Å². The number of amides is 1. The van der Waals surface area contributed by atoms with Crippen LogP contribution >= 0.6 is 11.3 Å². The van der Waals surface area contributed by atoms with Gasteiger partial charge < -0.3 is 9.30 Å². The third-order valence-electron chi connectivity index (χ3n) is 6.14. The summed E-state index contributed by atoms with van der Waals surface area (Å²) in [6, 6.07) is 9.56. The molecular formula is C23H26N4O7S3. The Kier molecular flexibility index (Phi) is 7.67. The van der Waals surface area contributed by atoms with Crippen LogP contribution in [0.3, 0.4) is 0 Å². The third kappa shape index (κ3) is 5.67. The number of benzene rings is 2. The summed E-state index contributed by atoms with van der Waals surface area (Å²) in [5.41, 5.74) is 0.615. The van der Waals surface area contributed by atoms with Crippen molar-refractivity contribution in [1.29, 1.82) is 0 Å². The zero-order valence-electron chi connectivity index (χ0n) is 20.2. The Labute approximate surface area is 218 Å². The average Bonchev–Trinajstić information content (AvgIpc) is 3.19. The molecule has 4 rings (SSSR count). The first-order valence-corrected chi connectivity index (χ1v) is 15.2. The highest BCUT2D eigenvalue weighted by Crippen LogP contribution is 2.26. The lowest BCUT2D eigenvalue weighted by Crippen LogP contribution is -2.41. The predicted molar refractivity (Wildman–Crippen MR) is 137 cm³/mol. The molecule has 1 aliphatic rings. The lowest BCUT2D eigenvalue weighted by molar-refractivity contribution is -0.141. The minimum absolute atomic E-state index is 0.0935. The fraction of sp³-hybridized carbons (Fsp3) is 0.348. The van der Waals surface area contributed by atoms with Crippen molar-refractivity contribution < 1.29 is 31.2 Å². The molecule has 1 aromatic heterocycles. The van der Waals surface area contributed by atoms with Gasteiger partial charge in [-0.2, -0.15) is 9.30 Å². The summed E-state index contributed by atoms with van der Waals surface area (Å²) in [7, 11) is -6.43. The molecule has 0 unspecified atom stereocenters. The van der Waals surface area contributed by atoms with Gasteiger partial charge >= 0.3 is 5.97 Å². The highest BCUT2D eigenvalue weighted by molar-refractivity contribution is 7.89. The second-order valence-corrected chi connectivity index (χ2v) is 13.1.